The van der Waals surface area contributed by atoms with Crippen LogP contribution in [-0.2, 0) is 4.74 Å². The average molecular weight is 447 g/mol. The lowest BCUT2D eigenvalue weighted by Crippen LogP contribution is -2.47. The molecule has 2 fully saturated rings. The molecule has 0 aromatic heterocycles. The van der Waals surface area contributed by atoms with E-state index in [9.17, 15) is 4.79 Å². The molecular weight excluding hydrogens is 411 g/mol. The van der Waals surface area contributed by atoms with Gasteiger partial charge < -0.3 is 25.2 Å². The van der Waals surface area contributed by atoms with E-state index in [0.717, 1.165) is 64.2 Å². The van der Waals surface area contributed by atoms with Crippen molar-refractivity contribution in [3.8, 4) is 0 Å². The summed E-state index contributed by atoms with van der Waals surface area (Å²) in [5, 5.41) is 6.52. The lowest BCUT2D eigenvalue weighted by molar-refractivity contribution is 0.0512. The standard InChI is InChI=1S/C21H34N4O2.2ClH/c1-3-24-12-14-25(15-13-24)19-6-4-18(5-7-19)20(26)23-16-21(17-27-2)8-10-22-11-9-21;;/h4-7,22H,3,8-17H2,1-2H3,(H,23,26);2*1H. The molecule has 1 aromatic carbocycles. The number of nitrogens with zero attached hydrogens (tertiary/aromatic N) is 2. The third-order valence-corrected chi connectivity index (χ3v) is 6.05. The number of carbonyl (C=O) groups excluding carboxylic acids is 1. The normalized spacial score (nSPS) is 19.0. The van der Waals surface area contributed by atoms with Crippen molar-refractivity contribution in [3.63, 3.8) is 0 Å². The van der Waals surface area contributed by atoms with Crippen molar-refractivity contribution in [1.29, 1.82) is 0 Å². The Morgan fingerprint density at radius 1 is 1.10 bits per heavy atom. The van der Waals surface area contributed by atoms with E-state index in [4.69, 9.17) is 4.74 Å². The van der Waals surface area contributed by atoms with Crippen molar-refractivity contribution >= 4 is 36.4 Å². The van der Waals surface area contributed by atoms with Crippen molar-refractivity contribution in [2.24, 2.45) is 5.41 Å². The summed E-state index contributed by atoms with van der Waals surface area (Å²) in [6.07, 6.45) is 2.06. The van der Waals surface area contributed by atoms with Gasteiger partial charge in [-0.2, -0.15) is 0 Å². The van der Waals surface area contributed by atoms with Crippen molar-refractivity contribution < 1.29 is 9.53 Å². The first-order chi connectivity index (χ1) is 13.2. The highest BCUT2D eigenvalue weighted by Crippen LogP contribution is 2.28. The molecule has 3 rings (SSSR count). The monoisotopic (exact) mass is 446 g/mol. The highest BCUT2D eigenvalue weighted by molar-refractivity contribution is 5.94. The number of likely N-dealkylation sites (N-methyl/N-ethyl adjacent to an activating group) is 1. The average Bonchev–Trinajstić information content (AvgIpc) is 2.73. The summed E-state index contributed by atoms with van der Waals surface area (Å²) in [5.74, 6) is 0.00589. The molecule has 166 valence electrons. The molecule has 0 saturated carbocycles. The summed E-state index contributed by atoms with van der Waals surface area (Å²) in [4.78, 5) is 17.5. The number of rotatable bonds is 7. The summed E-state index contributed by atoms with van der Waals surface area (Å²) in [7, 11) is 1.74. The van der Waals surface area contributed by atoms with E-state index in [-0.39, 0.29) is 36.1 Å². The van der Waals surface area contributed by atoms with Crippen molar-refractivity contribution in [2.45, 2.75) is 19.8 Å². The number of piperazine rings is 1. The number of nitrogens with one attached hydrogen (secondary N) is 2. The first-order valence-corrected chi connectivity index (χ1v) is 10.2. The minimum Gasteiger partial charge on any atom is -0.384 e. The number of hydrogen-bond acceptors (Lipinski definition) is 5. The van der Waals surface area contributed by atoms with E-state index in [1.165, 1.54) is 5.69 Å². The number of anilines is 1. The van der Waals surface area contributed by atoms with Crippen LogP contribution in [0.5, 0.6) is 0 Å². The highest BCUT2D eigenvalue weighted by Gasteiger charge is 2.32. The lowest BCUT2D eigenvalue weighted by Gasteiger charge is -2.37. The fraction of sp³-hybridized carbons (Fsp3) is 0.667. The Hall–Kier alpha value is -1.05. The zero-order chi connectivity index (χ0) is 19.1. The van der Waals surface area contributed by atoms with Crippen molar-refractivity contribution in [1.82, 2.24) is 15.5 Å². The topological polar surface area (TPSA) is 56.8 Å². The second-order valence-corrected chi connectivity index (χ2v) is 7.83. The maximum Gasteiger partial charge on any atom is 0.251 e. The lowest BCUT2D eigenvalue weighted by atomic mass is 9.79. The molecule has 2 aliphatic heterocycles. The van der Waals surface area contributed by atoms with Gasteiger partial charge in [0, 0.05) is 56.5 Å². The Morgan fingerprint density at radius 2 is 1.72 bits per heavy atom. The predicted octanol–water partition coefficient (Wildman–Crippen LogP) is 2.42. The zero-order valence-electron chi connectivity index (χ0n) is 17.6. The third kappa shape index (κ3) is 7.00. The van der Waals surface area contributed by atoms with Gasteiger partial charge in [-0.05, 0) is 56.7 Å². The fourth-order valence-electron chi connectivity index (χ4n) is 4.15. The van der Waals surface area contributed by atoms with Crippen LogP contribution in [0.3, 0.4) is 0 Å². The van der Waals surface area contributed by atoms with E-state index >= 15 is 0 Å². The van der Waals surface area contributed by atoms with Gasteiger partial charge in [0.25, 0.3) is 5.91 Å². The molecule has 2 N–H and O–H groups in total. The van der Waals surface area contributed by atoms with Gasteiger partial charge in [0.05, 0.1) is 6.61 Å². The molecule has 2 saturated heterocycles. The van der Waals surface area contributed by atoms with Gasteiger partial charge in [-0.3, -0.25) is 4.79 Å². The molecule has 0 atom stereocenters. The van der Waals surface area contributed by atoms with Crippen LogP contribution in [0.1, 0.15) is 30.1 Å². The maximum atomic E-state index is 12.6. The summed E-state index contributed by atoms with van der Waals surface area (Å²) >= 11 is 0. The van der Waals surface area contributed by atoms with Gasteiger partial charge in [0.15, 0.2) is 0 Å². The van der Waals surface area contributed by atoms with Gasteiger partial charge in [0.2, 0.25) is 0 Å². The number of benzene rings is 1. The van der Waals surface area contributed by atoms with Crippen LogP contribution in [0.2, 0.25) is 0 Å². The van der Waals surface area contributed by atoms with E-state index in [0.29, 0.717) is 13.2 Å². The van der Waals surface area contributed by atoms with Crippen LogP contribution in [0.25, 0.3) is 0 Å². The number of halogens is 2. The van der Waals surface area contributed by atoms with Gasteiger partial charge in [-0.25, -0.2) is 0 Å². The smallest absolute Gasteiger partial charge is 0.251 e. The minimum absolute atomic E-state index is 0. The molecule has 1 aromatic rings. The molecule has 8 heteroatoms. The fourth-order valence-corrected chi connectivity index (χ4v) is 4.15. The summed E-state index contributed by atoms with van der Waals surface area (Å²) in [5.41, 5.74) is 1.98. The van der Waals surface area contributed by atoms with Crippen LogP contribution < -0.4 is 15.5 Å². The minimum atomic E-state index is 0. The van der Waals surface area contributed by atoms with Crippen LogP contribution >= 0.6 is 24.8 Å². The molecule has 0 unspecified atom stereocenters. The molecule has 0 aliphatic carbocycles. The van der Waals surface area contributed by atoms with E-state index in [1.54, 1.807) is 7.11 Å². The Kier molecular flexibility index (Phi) is 11.3. The second-order valence-electron chi connectivity index (χ2n) is 7.83. The molecule has 1 amide bonds. The molecule has 0 spiro atoms. The SMILES string of the molecule is CCN1CCN(c2ccc(C(=O)NCC3(COC)CCNCC3)cc2)CC1.Cl.Cl. The number of amides is 1. The van der Waals surface area contributed by atoms with Crippen molar-refractivity contribution in [2.75, 3.05) is 71.0 Å². The third-order valence-electron chi connectivity index (χ3n) is 6.05. The van der Waals surface area contributed by atoms with Crippen LogP contribution in [0, 0.1) is 5.41 Å². The number of hydrogen-bond donors (Lipinski definition) is 2. The number of piperidine rings is 1. The van der Waals surface area contributed by atoms with Gasteiger partial charge >= 0.3 is 0 Å². The second kappa shape index (κ2) is 12.6. The van der Waals surface area contributed by atoms with Crippen LogP contribution in [0.4, 0.5) is 5.69 Å². The largest absolute Gasteiger partial charge is 0.384 e. The molecule has 2 heterocycles. The van der Waals surface area contributed by atoms with Gasteiger partial charge in [-0.1, -0.05) is 6.92 Å². The van der Waals surface area contributed by atoms with Gasteiger partial charge in [0.1, 0.15) is 0 Å². The zero-order valence-corrected chi connectivity index (χ0v) is 19.2. The number of carbonyl (C=O) groups is 1. The highest BCUT2D eigenvalue weighted by atomic mass is 35.5. The first-order valence-electron chi connectivity index (χ1n) is 10.2. The Balaban J connectivity index is 0.00000210. The molecule has 0 radical (unpaired) electrons. The summed E-state index contributed by atoms with van der Waals surface area (Å²) in [6.45, 7) is 11.0. The van der Waals surface area contributed by atoms with E-state index < -0.39 is 0 Å². The van der Waals surface area contributed by atoms with E-state index in [1.807, 2.05) is 12.1 Å². The number of methoxy groups -OCH3 is 1. The van der Waals surface area contributed by atoms with Crippen LogP contribution in [-0.4, -0.2) is 76.9 Å². The number of ether oxygens (including phenoxy) is 1. The first kappa shape index (κ1) is 26.0. The van der Waals surface area contributed by atoms with E-state index in [2.05, 4.69) is 39.5 Å². The Morgan fingerprint density at radius 3 is 2.28 bits per heavy atom. The molecule has 2 aliphatic rings. The van der Waals surface area contributed by atoms with Gasteiger partial charge in [-0.15, -0.1) is 24.8 Å². The molecule has 0 bridgehead atoms. The van der Waals surface area contributed by atoms with Crippen LogP contribution in [0.15, 0.2) is 24.3 Å². The predicted molar refractivity (Wildman–Crippen MR) is 124 cm³/mol. The van der Waals surface area contributed by atoms with Crippen molar-refractivity contribution in [3.05, 3.63) is 29.8 Å². The summed E-state index contributed by atoms with van der Waals surface area (Å²) < 4.78 is 5.43. The quantitative estimate of drug-likeness (QED) is 0.673. The molecule has 6 nitrogen and oxygen atoms in total. The molecular formula is C21H36Cl2N4O2. The maximum absolute atomic E-state index is 12.6. The summed E-state index contributed by atoms with van der Waals surface area (Å²) in [6, 6.07) is 8.04. The Bertz CT molecular complexity index is 596. The Labute approximate surface area is 187 Å². The molecule has 29 heavy (non-hydrogen) atoms.